The highest BCUT2D eigenvalue weighted by molar-refractivity contribution is 6.35. The van der Waals surface area contributed by atoms with Crippen molar-refractivity contribution in [3.8, 4) is 0 Å². The quantitative estimate of drug-likeness (QED) is 0.256. The Balaban J connectivity index is 1.62. The van der Waals surface area contributed by atoms with Gasteiger partial charge in [0.05, 0.1) is 43.3 Å². The molecule has 2 atom stereocenters. The molecule has 2 fully saturated rings. The van der Waals surface area contributed by atoms with Crippen molar-refractivity contribution in [2.75, 3.05) is 5.32 Å². The van der Waals surface area contributed by atoms with Crippen LogP contribution in [0.3, 0.4) is 0 Å². The molecule has 2 aromatic rings. The smallest absolute Gasteiger partial charge is 0.324 e. The molecule has 2 saturated carbocycles. The van der Waals surface area contributed by atoms with E-state index in [2.05, 4.69) is 10.5 Å². The Morgan fingerprint density at radius 2 is 1.62 bits per heavy atom. The van der Waals surface area contributed by atoms with Gasteiger partial charge >= 0.3 is 5.97 Å². The predicted octanol–water partition coefficient (Wildman–Crippen LogP) is 6.18. The summed E-state index contributed by atoms with van der Waals surface area (Å²) in [6, 6.07) is 7.26. The molecule has 0 saturated heterocycles. The number of carbonyl (C=O) groups excluding carboxylic acids is 2. The van der Waals surface area contributed by atoms with E-state index < -0.39 is 43.4 Å². The summed E-state index contributed by atoms with van der Waals surface area (Å²) in [5.74, 6) is -1.36. The first-order chi connectivity index (χ1) is 17.2. The molecule has 1 N–H and O–H groups in total. The molecule has 0 aliphatic heterocycles. The standard InChI is InChI=1S/C24H22Cl2N4O7/c1-22(2)23(3)6-7-24(22,21(32)27-18-10-14(25)4-5-17(18)26)12-19(23)28-37-20(31)13-8-15(29(33)34)11-16(9-13)30(35)36/h4-5,8-11H,6-7,12H2,1-3H3,(H,27,32). The average Bonchev–Trinajstić information content (AvgIpc) is 3.15. The molecule has 0 aromatic heterocycles. The fourth-order valence-corrected chi connectivity index (χ4v) is 5.77. The van der Waals surface area contributed by atoms with Crippen molar-refractivity contribution < 1.29 is 24.3 Å². The first kappa shape index (κ1) is 26.5. The van der Waals surface area contributed by atoms with E-state index in [1.54, 1.807) is 18.2 Å². The fraction of sp³-hybridized carbons (Fsp3) is 0.375. The van der Waals surface area contributed by atoms with Crippen LogP contribution in [0.4, 0.5) is 17.1 Å². The van der Waals surface area contributed by atoms with Crippen molar-refractivity contribution in [2.45, 2.75) is 40.0 Å². The molecular weight excluding hydrogens is 527 g/mol. The zero-order valence-electron chi connectivity index (χ0n) is 20.0. The third-order valence-electron chi connectivity index (χ3n) is 8.14. The third kappa shape index (κ3) is 4.21. The number of carbonyl (C=O) groups is 2. The normalized spacial score (nSPS) is 24.6. The fourth-order valence-electron chi connectivity index (χ4n) is 5.43. The van der Waals surface area contributed by atoms with Gasteiger partial charge in [0, 0.05) is 29.0 Å². The van der Waals surface area contributed by atoms with Gasteiger partial charge in [-0.2, -0.15) is 0 Å². The van der Waals surface area contributed by atoms with Gasteiger partial charge < -0.3 is 10.2 Å². The van der Waals surface area contributed by atoms with Crippen LogP contribution >= 0.6 is 23.2 Å². The van der Waals surface area contributed by atoms with Gasteiger partial charge in [0.2, 0.25) is 5.91 Å². The van der Waals surface area contributed by atoms with Crippen molar-refractivity contribution in [1.82, 2.24) is 0 Å². The highest BCUT2D eigenvalue weighted by atomic mass is 35.5. The van der Waals surface area contributed by atoms with E-state index in [0.29, 0.717) is 34.3 Å². The SMILES string of the molecule is CC12CCC(C(=O)Nc3cc(Cl)ccc3Cl)(CC1=NOC(=O)c1cc([N+](=O)[O-])cc([N+](=O)[O-])c1)C2(C)C. The Morgan fingerprint density at radius 1 is 1.00 bits per heavy atom. The van der Waals surface area contributed by atoms with Gasteiger partial charge in [-0.25, -0.2) is 4.79 Å². The second kappa shape index (κ2) is 9.07. The lowest BCUT2D eigenvalue weighted by Gasteiger charge is -2.39. The van der Waals surface area contributed by atoms with Crippen LogP contribution in [0, 0.1) is 36.5 Å². The van der Waals surface area contributed by atoms with Crippen LogP contribution in [0.5, 0.6) is 0 Å². The predicted molar refractivity (Wildman–Crippen MR) is 136 cm³/mol. The van der Waals surface area contributed by atoms with Crippen LogP contribution < -0.4 is 5.32 Å². The molecule has 2 aromatic carbocycles. The largest absolute Gasteiger partial charge is 0.366 e. The maximum Gasteiger partial charge on any atom is 0.366 e. The molecule has 0 heterocycles. The molecule has 2 aliphatic carbocycles. The number of halogens is 2. The molecule has 37 heavy (non-hydrogen) atoms. The van der Waals surface area contributed by atoms with E-state index in [1.165, 1.54) is 0 Å². The van der Waals surface area contributed by atoms with Crippen molar-refractivity contribution >= 4 is 57.9 Å². The molecule has 1 amide bonds. The van der Waals surface area contributed by atoms with Gasteiger partial charge in [0.15, 0.2) is 0 Å². The molecule has 2 bridgehead atoms. The summed E-state index contributed by atoms with van der Waals surface area (Å²) in [5.41, 5.74) is -2.87. The number of fused-ring (bicyclic) bond motifs is 2. The Bertz CT molecular complexity index is 1360. The first-order valence-corrected chi connectivity index (χ1v) is 12.0. The minimum Gasteiger partial charge on any atom is -0.324 e. The van der Waals surface area contributed by atoms with E-state index in [0.717, 1.165) is 18.2 Å². The molecule has 194 valence electrons. The van der Waals surface area contributed by atoms with Crippen LogP contribution in [0.1, 0.15) is 50.4 Å². The number of rotatable bonds is 6. The summed E-state index contributed by atoms with van der Waals surface area (Å²) in [5, 5.41) is 30.0. The second-order valence-corrected chi connectivity index (χ2v) is 10.8. The molecule has 0 spiro atoms. The lowest BCUT2D eigenvalue weighted by atomic mass is 9.64. The maximum atomic E-state index is 13.6. The Kier molecular flexibility index (Phi) is 6.49. The van der Waals surface area contributed by atoms with E-state index >= 15 is 0 Å². The average molecular weight is 549 g/mol. The number of nitro groups is 2. The second-order valence-electron chi connectivity index (χ2n) is 9.96. The molecule has 2 unspecified atom stereocenters. The molecular formula is C24H22Cl2N4O7. The van der Waals surface area contributed by atoms with Gasteiger partial charge in [-0.1, -0.05) is 49.1 Å². The lowest BCUT2D eigenvalue weighted by molar-refractivity contribution is -0.394. The summed E-state index contributed by atoms with van der Waals surface area (Å²) < 4.78 is 0. The Labute approximate surface area is 221 Å². The minimum atomic E-state index is -1.09. The number of nitro benzene ring substituents is 2. The van der Waals surface area contributed by atoms with Gasteiger partial charge in [-0.15, -0.1) is 0 Å². The monoisotopic (exact) mass is 548 g/mol. The van der Waals surface area contributed by atoms with Crippen LogP contribution in [0.15, 0.2) is 41.6 Å². The number of amides is 1. The van der Waals surface area contributed by atoms with E-state index in [9.17, 15) is 29.8 Å². The minimum absolute atomic E-state index is 0.197. The highest BCUT2D eigenvalue weighted by Crippen LogP contribution is 2.71. The van der Waals surface area contributed by atoms with Gasteiger partial charge in [-0.05, 0) is 36.5 Å². The summed E-state index contributed by atoms with van der Waals surface area (Å²) in [6.45, 7) is 5.84. The number of non-ortho nitro benzene ring substituents is 2. The van der Waals surface area contributed by atoms with Crippen molar-refractivity contribution in [2.24, 2.45) is 21.4 Å². The summed E-state index contributed by atoms with van der Waals surface area (Å²) >= 11 is 12.3. The number of hydrogen-bond donors (Lipinski definition) is 1. The van der Waals surface area contributed by atoms with Gasteiger partial charge in [0.1, 0.15) is 0 Å². The van der Waals surface area contributed by atoms with Gasteiger partial charge in [0.25, 0.3) is 11.4 Å². The topological polar surface area (TPSA) is 154 Å². The molecule has 11 nitrogen and oxygen atoms in total. The van der Waals surface area contributed by atoms with Crippen LogP contribution in [0.25, 0.3) is 0 Å². The van der Waals surface area contributed by atoms with Gasteiger partial charge in [-0.3, -0.25) is 25.0 Å². The van der Waals surface area contributed by atoms with E-state index in [1.807, 2.05) is 20.8 Å². The Hall–Kier alpha value is -3.57. The van der Waals surface area contributed by atoms with Crippen molar-refractivity contribution in [3.63, 3.8) is 0 Å². The van der Waals surface area contributed by atoms with Crippen molar-refractivity contribution in [1.29, 1.82) is 0 Å². The molecule has 0 radical (unpaired) electrons. The first-order valence-electron chi connectivity index (χ1n) is 11.2. The lowest BCUT2D eigenvalue weighted by Crippen LogP contribution is -2.43. The number of nitrogens with one attached hydrogen (secondary N) is 1. The van der Waals surface area contributed by atoms with Crippen LogP contribution in [-0.4, -0.2) is 27.4 Å². The summed E-state index contributed by atoms with van der Waals surface area (Å²) in [7, 11) is 0. The van der Waals surface area contributed by atoms with Crippen LogP contribution in [0.2, 0.25) is 10.0 Å². The zero-order chi connectivity index (χ0) is 27.3. The van der Waals surface area contributed by atoms with E-state index in [4.69, 9.17) is 28.0 Å². The number of benzene rings is 2. The summed E-state index contributed by atoms with van der Waals surface area (Å²) in [6.07, 6.45) is 1.35. The highest BCUT2D eigenvalue weighted by Gasteiger charge is 2.71. The van der Waals surface area contributed by atoms with E-state index in [-0.39, 0.29) is 17.9 Å². The zero-order valence-corrected chi connectivity index (χ0v) is 21.6. The third-order valence-corrected chi connectivity index (χ3v) is 8.71. The summed E-state index contributed by atoms with van der Waals surface area (Å²) in [4.78, 5) is 52.0. The maximum absolute atomic E-state index is 13.6. The molecule has 4 rings (SSSR count). The number of oxime groups is 1. The molecule has 2 aliphatic rings. The van der Waals surface area contributed by atoms with Crippen LogP contribution in [-0.2, 0) is 9.63 Å². The number of hydrogen-bond acceptors (Lipinski definition) is 8. The molecule has 13 heteroatoms. The number of anilines is 1. The number of nitrogens with zero attached hydrogens (tertiary/aromatic N) is 3. The van der Waals surface area contributed by atoms with Crippen molar-refractivity contribution in [3.05, 3.63) is 72.2 Å². The Morgan fingerprint density at radius 3 is 2.22 bits per heavy atom.